The summed E-state index contributed by atoms with van der Waals surface area (Å²) in [6, 6.07) is 10.1. The Morgan fingerprint density at radius 1 is 1.07 bits per heavy atom. The van der Waals surface area contributed by atoms with Gasteiger partial charge in [0.2, 0.25) is 0 Å². The molecule has 2 aromatic rings. The van der Waals surface area contributed by atoms with Gasteiger partial charge >= 0.3 is 5.97 Å². The van der Waals surface area contributed by atoms with Crippen molar-refractivity contribution in [3.63, 3.8) is 0 Å². The maximum Gasteiger partial charge on any atom is 0.320 e. The Kier molecular flexibility index (Phi) is 8.68. The molecule has 0 aliphatic carbocycles. The molecular formula is C22H23F2NO4S. The normalized spacial score (nSPS) is 14.0. The Morgan fingerprint density at radius 3 is 2.30 bits per heavy atom. The number of halogens is 2. The first-order valence-corrected chi connectivity index (χ1v) is 10.3. The van der Waals surface area contributed by atoms with Crippen molar-refractivity contribution in [2.45, 2.75) is 32.4 Å². The minimum atomic E-state index is -1.11. The van der Waals surface area contributed by atoms with Gasteiger partial charge in [-0.25, -0.2) is 8.78 Å². The molecule has 5 nitrogen and oxygen atoms in total. The molecule has 0 aliphatic rings. The monoisotopic (exact) mass is 435 g/mol. The Balaban J connectivity index is 2.35. The van der Waals surface area contributed by atoms with Crippen LogP contribution in [0.5, 0.6) is 0 Å². The van der Waals surface area contributed by atoms with Crippen molar-refractivity contribution in [2.75, 3.05) is 5.75 Å². The van der Waals surface area contributed by atoms with E-state index in [1.54, 1.807) is 30.3 Å². The van der Waals surface area contributed by atoms with Crippen molar-refractivity contribution in [3.8, 4) is 0 Å². The average molecular weight is 435 g/mol. The van der Waals surface area contributed by atoms with Gasteiger partial charge in [-0.3, -0.25) is 19.7 Å². The number of benzene rings is 2. The standard InChI is InChI=1S/C22H23F2NO4S/c1-13(22(28)29)25-20(16-6-4-3-5-7-16)21(27)17(12-30-14(2)26)10-15-8-9-18(23)19(24)11-15/h3-9,11,13,17,20,25H,10,12H2,1-2H3,(H,28,29)/t13?,17-,20?/m1/s1. The van der Waals surface area contributed by atoms with Crippen molar-refractivity contribution >= 4 is 28.6 Å². The van der Waals surface area contributed by atoms with Crippen LogP contribution in [0.25, 0.3) is 0 Å². The van der Waals surface area contributed by atoms with Gasteiger partial charge in [-0.15, -0.1) is 0 Å². The van der Waals surface area contributed by atoms with Crippen LogP contribution in [0.1, 0.15) is 31.0 Å². The van der Waals surface area contributed by atoms with Crippen LogP contribution in [-0.4, -0.2) is 33.8 Å². The number of nitrogens with one attached hydrogen (secondary N) is 1. The van der Waals surface area contributed by atoms with E-state index in [1.165, 1.54) is 19.9 Å². The first kappa shape index (κ1) is 23.7. The number of carboxylic acids is 1. The summed E-state index contributed by atoms with van der Waals surface area (Å²) in [5.74, 6) is -4.03. The van der Waals surface area contributed by atoms with Gasteiger partial charge in [0.05, 0.1) is 6.04 Å². The SMILES string of the molecule is CC(=O)SC[C@@H](Cc1ccc(F)c(F)c1)C(=O)C(NC(C)C(=O)O)c1ccccc1. The summed E-state index contributed by atoms with van der Waals surface area (Å²) in [5, 5.41) is 11.9. The molecular weight excluding hydrogens is 412 g/mol. The van der Waals surface area contributed by atoms with E-state index in [9.17, 15) is 28.3 Å². The molecule has 0 saturated heterocycles. The summed E-state index contributed by atoms with van der Waals surface area (Å²) in [4.78, 5) is 36.2. The third-order valence-corrected chi connectivity index (χ3v) is 5.54. The van der Waals surface area contributed by atoms with Crippen molar-refractivity contribution in [2.24, 2.45) is 5.92 Å². The summed E-state index contributed by atoms with van der Waals surface area (Å²) >= 11 is 0.960. The molecule has 2 unspecified atom stereocenters. The quantitative estimate of drug-likeness (QED) is 0.591. The molecule has 0 amide bonds. The number of rotatable bonds is 10. The first-order chi connectivity index (χ1) is 14.2. The number of ketones is 1. The number of thioether (sulfide) groups is 1. The fourth-order valence-corrected chi connectivity index (χ4v) is 3.67. The highest BCUT2D eigenvalue weighted by molar-refractivity contribution is 8.13. The summed E-state index contributed by atoms with van der Waals surface area (Å²) < 4.78 is 26.9. The molecule has 0 aliphatic heterocycles. The van der Waals surface area contributed by atoms with Gasteiger partial charge in [0.25, 0.3) is 0 Å². The second-order valence-corrected chi connectivity index (χ2v) is 8.12. The van der Waals surface area contributed by atoms with E-state index >= 15 is 0 Å². The van der Waals surface area contributed by atoms with Gasteiger partial charge in [0, 0.05) is 18.6 Å². The first-order valence-electron chi connectivity index (χ1n) is 9.33. The van der Waals surface area contributed by atoms with Crippen molar-refractivity contribution in [1.29, 1.82) is 0 Å². The van der Waals surface area contributed by atoms with Crippen molar-refractivity contribution in [1.82, 2.24) is 5.32 Å². The maximum absolute atomic E-state index is 13.6. The lowest BCUT2D eigenvalue weighted by molar-refractivity contribution is -0.139. The van der Waals surface area contributed by atoms with Gasteiger partial charge in [-0.05, 0) is 36.6 Å². The molecule has 160 valence electrons. The van der Waals surface area contributed by atoms with Gasteiger partial charge in [-0.1, -0.05) is 48.2 Å². The number of carbonyl (C=O) groups is 3. The summed E-state index contributed by atoms with van der Waals surface area (Å²) in [5.41, 5.74) is 0.994. The lowest BCUT2D eigenvalue weighted by Crippen LogP contribution is -2.42. The van der Waals surface area contributed by atoms with Crippen LogP contribution in [-0.2, 0) is 20.8 Å². The minimum absolute atomic E-state index is 0.0861. The molecule has 0 heterocycles. The highest BCUT2D eigenvalue weighted by atomic mass is 32.2. The second-order valence-electron chi connectivity index (χ2n) is 6.92. The smallest absolute Gasteiger partial charge is 0.320 e. The molecule has 8 heteroatoms. The number of hydrogen-bond acceptors (Lipinski definition) is 5. The molecule has 0 bridgehead atoms. The summed E-state index contributed by atoms with van der Waals surface area (Å²) in [7, 11) is 0. The fraction of sp³-hybridized carbons (Fsp3) is 0.318. The van der Waals surface area contributed by atoms with Crippen LogP contribution in [0.4, 0.5) is 8.78 Å². The Labute approximate surface area is 177 Å². The van der Waals surface area contributed by atoms with Crippen LogP contribution < -0.4 is 5.32 Å². The highest BCUT2D eigenvalue weighted by Crippen LogP contribution is 2.25. The largest absolute Gasteiger partial charge is 0.480 e. The van der Waals surface area contributed by atoms with Crippen LogP contribution >= 0.6 is 11.8 Å². The molecule has 2 aromatic carbocycles. The van der Waals surface area contributed by atoms with E-state index in [1.807, 2.05) is 0 Å². The van der Waals surface area contributed by atoms with Gasteiger partial charge in [0.1, 0.15) is 6.04 Å². The van der Waals surface area contributed by atoms with Gasteiger partial charge in [-0.2, -0.15) is 0 Å². The topological polar surface area (TPSA) is 83.5 Å². The number of hydrogen-bond donors (Lipinski definition) is 2. The number of carbonyl (C=O) groups excluding carboxylic acids is 2. The van der Waals surface area contributed by atoms with E-state index in [2.05, 4.69) is 5.32 Å². The van der Waals surface area contributed by atoms with Gasteiger partial charge < -0.3 is 5.11 Å². The lowest BCUT2D eigenvalue weighted by Gasteiger charge is -2.25. The van der Waals surface area contributed by atoms with E-state index in [0.717, 1.165) is 23.9 Å². The molecule has 0 spiro atoms. The molecule has 0 aromatic heterocycles. The zero-order valence-corrected chi connectivity index (χ0v) is 17.4. The predicted octanol–water partition coefficient (Wildman–Crippen LogP) is 3.78. The zero-order chi connectivity index (χ0) is 22.3. The van der Waals surface area contributed by atoms with E-state index in [0.29, 0.717) is 11.1 Å². The average Bonchev–Trinajstić information content (AvgIpc) is 2.71. The number of Topliss-reactive ketones (excluding diaryl/α,β-unsaturated/α-hetero) is 1. The number of carboxylic acid groups (broad SMARTS) is 1. The van der Waals surface area contributed by atoms with Crippen LogP contribution in [0.3, 0.4) is 0 Å². The molecule has 0 saturated carbocycles. The van der Waals surface area contributed by atoms with Crippen LogP contribution in [0.15, 0.2) is 48.5 Å². The molecule has 2 N–H and O–H groups in total. The molecule has 30 heavy (non-hydrogen) atoms. The van der Waals surface area contributed by atoms with Crippen molar-refractivity contribution in [3.05, 3.63) is 71.3 Å². The number of aliphatic carboxylic acids is 1. The van der Waals surface area contributed by atoms with Gasteiger partial charge in [0.15, 0.2) is 22.5 Å². The third kappa shape index (κ3) is 6.74. The Bertz CT molecular complexity index is 907. The molecule has 3 atom stereocenters. The second kappa shape index (κ2) is 11.0. The predicted molar refractivity (Wildman–Crippen MR) is 111 cm³/mol. The van der Waals surface area contributed by atoms with E-state index in [-0.39, 0.29) is 23.1 Å². The van der Waals surface area contributed by atoms with Crippen LogP contribution in [0, 0.1) is 17.6 Å². The molecule has 0 fully saturated rings. The van der Waals surface area contributed by atoms with E-state index in [4.69, 9.17) is 0 Å². The minimum Gasteiger partial charge on any atom is -0.480 e. The summed E-state index contributed by atoms with van der Waals surface area (Å²) in [6.07, 6.45) is 0.0861. The zero-order valence-electron chi connectivity index (χ0n) is 16.6. The van der Waals surface area contributed by atoms with E-state index < -0.39 is 35.6 Å². The Morgan fingerprint density at radius 2 is 1.73 bits per heavy atom. The molecule has 2 rings (SSSR count). The maximum atomic E-state index is 13.6. The fourth-order valence-electron chi connectivity index (χ4n) is 2.96. The summed E-state index contributed by atoms with van der Waals surface area (Å²) in [6.45, 7) is 2.81. The lowest BCUT2D eigenvalue weighted by atomic mass is 9.89. The highest BCUT2D eigenvalue weighted by Gasteiger charge is 2.31. The van der Waals surface area contributed by atoms with Crippen molar-refractivity contribution < 1.29 is 28.3 Å². The van der Waals surface area contributed by atoms with Crippen LogP contribution in [0.2, 0.25) is 0 Å². The molecule has 0 radical (unpaired) electrons. The third-order valence-electron chi connectivity index (χ3n) is 4.56. The Hall–Kier alpha value is -2.58.